The van der Waals surface area contributed by atoms with Crippen molar-refractivity contribution in [1.82, 2.24) is 4.90 Å². The fourth-order valence-corrected chi connectivity index (χ4v) is 2.21. The number of carbonyl (C=O) groups excluding carboxylic acids is 1. The first-order valence-electron chi connectivity index (χ1n) is 8.19. The van der Waals surface area contributed by atoms with E-state index in [0.29, 0.717) is 17.8 Å². The Hall–Kier alpha value is -1.26. The van der Waals surface area contributed by atoms with Crippen LogP contribution in [0.4, 0.5) is 9.59 Å². The van der Waals surface area contributed by atoms with Crippen molar-refractivity contribution in [2.45, 2.75) is 58.9 Å². The zero-order valence-corrected chi connectivity index (χ0v) is 17.0. The monoisotopic (exact) mass is 399 g/mol. The van der Waals surface area contributed by atoms with Crippen molar-refractivity contribution >= 4 is 41.4 Å². The summed E-state index contributed by atoms with van der Waals surface area (Å²) in [5.41, 5.74) is 9.97. The van der Waals surface area contributed by atoms with E-state index in [1.54, 1.807) is 0 Å². The van der Waals surface area contributed by atoms with Gasteiger partial charge in [0.1, 0.15) is 0 Å². The van der Waals surface area contributed by atoms with E-state index in [1.807, 2.05) is 11.8 Å². The van der Waals surface area contributed by atoms with Gasteiger partial charge in [-0.1, -0.05) is 31.9 Å². The van der Waals surface area contributed by atoms with Crippen molar-refractivity contribution in [2.24, 2.45) is 11.5 Å². The summed E-state index contributed by atoms with van der Waals surface area (Å²) in [5.74, 6) is 0. The van der Waals surface area contributed by atoms with Crippen LogP contribution in [0.1, 0.15) is 52.9 Å². The van der Waals surface area contributed by atoms with Gasteiger partial charge in [-0.2, -0.15) is 0 Å². The molecule has 0 aliphatic heterocycles. The highest BCUT2D eigenvalue weighted by Crippen LogP contribution is 2.14. The lowest BCUT2D eigenvalue weighted by Crippen LogP contribution is -2.30. The van der Waals surface area contributed by atoms with Gasteiger partial charge in [0.15, 0.2) is 0 Å². The highest BCUT2D eigenvalue weighted by atomic mass is 32.1. The Morgan fingerprint density at radius 1 is 1.16 bits per heavy atom. The molecule has 0 heterocycles. The molecule has 150 valence electrons. The molecule has 0 spiro atoms. The Labute approximate surface area is 161 Å². The molecule has 25 heavy (non-hydrogen) atoms. The van der Waals surface area contributed by atoms with Crippen LogP contribution >= 0.6 is 24.8 Å². The predicted molar refractivity (Wildman–Crippen MR) is 107 cm³/mol. The summed E-state index contributed by atoms with van der Waals surface area (Å²) in [7, 11) is 0. The van der Waals surface area contributed by atoms with E-state index in [4.69, 9.17) is 42.5 Å². The highest BCUT2D eigenvalue weighted by Gasteiger charge is 2.06. The number of hydrogen-bond donors (Lipinski definition) is 5. The van der Waals surface area contributed by atoms with Crippen molar-refractivity contribution in [3.05, 3.63) is 0 Å². The Bertz CT molecular complexity index is 330. The first-order chi connectivity index (χ1) is 11.6. The third-order valence-electron chi connectivity index (χ3n) is 2.94. The Kier molecular flexibility index (Phi) is 23.7. The molecule has 1 aliphatic rings. The minimum atomic E-state index is -1.83. The summed E-state index contributed by atoms with van der Waals surface area (Å²) in [6, 6.07) is 0.536. The molecule has 1 amide bonds. The highest BCUT2D eigenvalue weighted by molar-refractivity contribution is 7.96. The summed E-state index contributed by atoms with van der Waals surface area (Å²) in [4.78, 5) is 19.7. The van der Waals surface area contributed by atoms with Gasteiger partial charge in [-0.15, -0.1) is 0 Å². The number of thiol groups is 1. The molecule has 0 saturated heterocycles. The van der Waals surface area contributed by atoms with Crippen molar-refractivity contribution in [3.63, 3.8) is 0 Å². The predicted octanol–water partition coefficient (Wildman–Crippen LogP) is 3.14. The lowest BCUT2D eigenvalue weighted by Gasteiger charge is -2.20. The molecular weight excluding hydrogens is 366 g/mol. The first-order valence-corrected chi connectivity index (χ1v) is 9.05. The summed E-state index contributed by atoms with van der Waals surface area (Å²) in [6.07, 6.45) is 4.83. The summed E-state index contributed by atoms with van der Waals surface area (Å²) >= 11 is 8.08. The number of carboxylic acid groups (broad SMARTS) is 2. The zero-order chi connectivity index (χ0) is 20.3. The van der Waals surface area contributed by atoms with E-state index >= 15 is 0 Å². The average Bonchev–Trinajstić information content (AvgIpc) is 2.49. The molecule has 0 atom stereocenters. The van der Waals surface area contributed by atoms with Gasteiger partial charge >= 0.3 is 6.16 Å². The second-order valence-electron chi connectivity index (χ2n) is 4.89. The molecule has 1 saturated carbocycles. The van der Waals surface area contributed by atoms with Gasteiger partial charge in [0.25, 0.3) is 10.4 Å². The molecule has 8 nitrogen and oxygen atoms in total. The molecule has 0 aromatic carbocycles. The van der Waals surface area contributed by atoms with E-state index in [0.717, 1.165) is 13.1 Å². The summed E-state index contributed by atoms with van der Waals surface area (Å²) in [6.45, 7) is 8.58. The molecule has 6 N–H and O–H groups in total. The van der Waals surface area contributed by atoms with Crippen LogP contribution < -0.4 is 11.5 Å². The third-order valence-corrected chi connectivity index (χ3v) is 3.32. The third kappa shape index (κ3) is 31.1. The normalized spacial score (nSPS) is 12.7. The summed E-state index contributed by atoms with van der Waals surface area (Å²) < 4.78 is 5.14. The van der Waals surface area contributed by atoms with Crippen LogP contribution in [0.3, 0.4) is 0 Å². The number of amides is 1. The number of thiocarbonyl (C=S) groups is 1. The van der Waals surface area contributed by atoms with Gasteiger partial charge in [-0.3, -0.25) is 4.79 Å². The van der Waals surface area contributed by atoms with Gasteiger partial charge < -0.3 is 31.3 Å². The van der Waals surface area contributed by atoms with Crippen LogP contribution in [0.5, 0.6) is 0 Å². The quantitative estimate of drug-likeness (QED) is 0.360. The largest absolute Gasteiger partial charge is 0.503 e. The van der Waals surface area contributed by atoms with E-state index in [1.165, 1.54) is 32.1 Å². The number of rotatable bonds is 3. The SMILES string of the molecule is CCOC(=S)N(CC)CC.NC(=O)S.NC1CCCCC1.O=C(O)O. The van der Waals surface area contributed by atoms with Crippen LogP contribution in [-0.2, 0) is 4.74 Å². The van der Waals surface area contributed by atoms with Crippen LogP contribution in [-0.4, -0.2) is 57.4 Å². The van der Waals surface area contributed by atoms with Gasteiger partial charge in [0.2, 0.25) is 0 Å². The number of hydrogen-bond acceptors (Lipinski definition) is 5. The molecule has 0 radical (unpaired) electrons. The van der Waals surface area contributed by atoms with E-state index in [9.17, 15) is 0 Å². The molecule has 0 aromatic heterocycles. The zero-order valence-electron chi connectivity index (χ0n) is 15.3. The Balaban J connectivity index is -0.000000280. The number of nitrogens with zero attached hydrogens (tertiary/aromatic N) is 1. The summed E-state index contributed by atoms with van der Waals surface area (Å²) in [5, 5.41) is 13.9. The van der Waals surface area contributed by atoms with E-state index in [2.05, 4.69) is 32.2 Å². The van der Waals surface area contributed by atoms with Crippen LogP contribution in [0, 0.1) is 0 Å². The number of carbonyl (C=O) groups is 2. The van der Waals surface area contributed by atoms with E-state index in [-0.39, 0.29) is 0 Å². The molecule has 10 heteroatoms. The Morgan fingerprint density at radius 3 is 1.72 bits per heavy atom. The maximum atomic E-state index is 9.09. The van der Waals surface area contributed by atoms with Crippen LogP contribution in [0.2, 0.25) is 0 Å². The topological polar surface area (TPSA) is 139 Å². The number of primary amides is 1. The average molecular weight is 400 g/mol. The Morgan fingerprint density at radius 2 is 1.52 bits per heavy atom. The van der Waals surface area contributed by atoms with Gasteiger partial charge in [-0.05, 0) is 45.8 Å². The molecule has 0 unspecified atom stereocenters. The first kappa shape index (κ1) is 28.5. The second kappa shape index (κ2) is 20.8. The molecule has 1 rings (SSSR count). The molecule has 1 aliphatic carbocycles. The van der Waals surface area contributed by atoms with Crippen LogP contribution in [0.25, 0.3) is 0 Å². The minimum Gasteiger partial charge on any atom is -0.471 e. The maximum Gasteiger partial charge on any atom is 0.503 e. The number of ether oxygens (including phenoxy) is 1. The second-order valence-corrected chi connectivity index (χ2v) is 5.68. The van der Waals surface area contributed by atoms with Crippen LogP contribution in [0.15, 0.2) is 0 Å². The van der Waals surface area contributed by atoms with Gasteiger partial charge in [0, 0.05) is 19.1 Å². The van der Waals surface area contributed by atoms with Gasteiger partial charge in [0.05, 0.1) is 6.61 Å². The fourth-order valence-electron chi connectivity index (χ4n) is 1.83. The smallest absolute Gasteiger partial charge is 0.471 e. The lowest BCUT2D eigenvalue weighted by atomic mass is 9.97. The molecule has 0 aromatic rings. The minimum absolute atomic E-state index is 0.536. The lowest BCUT2D eigenvalue weighted by molar-refractivity contribution is 0.137. The van der Waals surface area contributed by atoms with E-state index < -0.39 is 11.4 Å². The number of nitrogens with two attached hydrogens (primary N) is 2. The van der Waals surface area contributed by atoms with Gasteiger partial charge in [-0.25, -0.2) is 4.79 Å². The van der Waals surface area contributed by atoms with Crippen molar-refractivity contribution in [1.29, 1.82) is 0 Å². The molecule has 0 bridgehead atoms. The molecule has 1 fully saturated rings. The maximum absolute atomic E-state index is 9.09. The standard InChI is InChI=1S/C7H15NOS.C6H13N.CH3NOS.CH2O3/c1-4-8(5-2)7(10)9-6-3;7-6-4-2-1-3-5-6;2*2-1(3)4/h4-6H2,1-3H3;6H,1-5,7H2;(H3,2,3,4);(H2,2,3,4). The van der Waals surface area contributed by atoms with Crippen molar-refractivity contribution in [3.8, 4) is 0 Å². The van der Waals surface area contributed by atoms with Crippen molar-refractivity contribution < 1.29 is 24.5 Å². The van der Waals surface area contributed by atoms with Crippen molar-refractivity contribution in [2.75, 3.05) is 19.7 Å². The fraction of sp³-hybridized carbons (Fsp3) is 0.800. The molecular formula is C15H33N3O5S2.